The van der Waals surface area contributed by atoms with Crippen LogP contribution in [0.15, 0.2) is 6.33 Å². The van der Waals surface area contributed by atoms with Crippen LogP contribution in [0.5, 0.6) is 0 Å². The molecule has 0 spiro atoms. The zero-order chi connectivity index (χ0) is 14.7. The third kappa shape index (κ3) is 3.00. The first-order valence-electron chi connectivity index (χ1n) is 7.74. The van der Waals surface area contributed by atoms with Crippen molar-refractivity contribution in [3.63, 3.8) is 0 Å². The van der Waals surface area contributed by atoms with Gasteiger partial charge >= 0.3 is 5.97 Å². The van der Waals surface area contributed by atoms with Gasteiger partial charge in [-0.3, -0.25) is 4.79 Å². The summed E-state index contributed by atoms with van der Waals surface area (Å²) in [5.74, 6) is 1.02. The number of nitrogens with zero attached hydrogens (tertiary/aromatic N) is 3. The van der Waals surface area contributed by atoms with Gasteiger partial charge in [0.05, 0.1) is 18.2 Å². The zero-order valence-electron chi connectivity index (χ0n) is 12.5. The maximum atomic E-state index is 11.8. The summed E-state index contributed by atoms with van der Waals surface area (Å²) in [6.07, 6.45) is 4.30. The molecule has 0 atom stereocenters. The van der Waals surface area contributed by atoms with E-state index in [0.717, 1.165) is 57.0 Å². The quantitative estimate of drug-likeness (QED) is 0.834. The Labute approximate surface area is 124 Å². The van der Waals surface area contributed by atoms with E-state index >= 15 is 0 Å². The van der Waals surface area contributed by atoms with Crippen molar-refractivity contribution in [2.45, 2.75) is 32.7 Å². The number of nitrogens with one attached hydrogen (secondary N) is 1. The molecule has 2 aliphatic heterocycles. The molecule has 6 nitrogen and oxygen atoms in total. The van der Waals surface area contributed by atoms with Gasteiger partial charge < -0.3 is 15.0 Å². The number of hydrogen-bond donors (Lipinski definition) is 1. The second-order valence-corrected chi connectivity index (χ2v) is 5.56. The lowest BCUT2D eigenvalue weighted by Crippen LogP contribution is -2.39. The van der Waals surface area contributed by atoms with E-state index in [2.05, 4.69) is 20.2 Å². The third-order valence-electron chi connectivity index (χ3n) is 4.27. The van der Waals surface area contributed by atoms with E-state index in [0.29, 0.717) is 6.61 Å². The molecule has 6 heteroatoms. The smallest absolute Gasteiger partial charge is 0.309 e. The van der Waals surface area contributed by atoms with Crippen molar-refractivity contribution in [1.29, 1.82) is 0 Å². The lowest BCUT2D eigenvalue weighted by Gasteiger charge is -2.33. The Morgan fingerprint density at radius 2 is 2.24 bits per heavy atom. The largest absolute Gasteiger partial charge is 0.466 e. The Bertz CT molecular complexity index is 512. The van der Waals surface area contributed by atoms with Crippen LogP contribution in [-0.2, 0) is 22.5 Å². The highest BCUT2D eigenvalue weighted by atomic mass is 16.5. The normalized spacial score (nSPS) is 19.2. The van der Waals surface area contributed by atoms with Gasteiger partial charge in [-0.1, -0.05) is 0 Å². The minimum absolute atomic E-state index is 0.0389. The van der Waals surface area contributed by atoms with E-state index in [1.54, 1.807) is 6.33 Å². The Morgan fingerprint density at radius 3 is 3.00 bits per heavy atom. The number of aromatic nitrogens is 2. The minimum atomic E-state index is -0.0523. The molecule has 1 saturated heterocycles. The summed E-state index contributed by atoms with van der Waals surface area (Å²) in [6.45, 7) is 5.84. The second kappa shape index (κ2) is 6.39. The Morgan fingerprint density at radius 1 is 1.43 bits per heavy atom. The molecule has 114 valence electrons. The molecule has 2 aliphatic rings. The summed E-state index contributed by atoms with van der Waals surface area (Å²) in [4.78, 5) is 22.9. The highest BCUT2D eigenvalue weighted by Crippen LogP contribution is 2.27. The molecule has 3 rings (SSSR count). The highest BCUT2D eigenvalue weighted by Gasteiger charge is 2.28. The van der Waals surface area contributed by atoms with Crippen LogP contribution < -0.4 is 10.2 Å². The molecule has 1 N–H and O–H groups in total. The molecule has 0 radical (unpaired) electrons. The summed E-state index contributed by atoms with van der Waals surface area (Å²) in [6, 6.07) is 0. The van der Waals surface area contributed by atoms with Gasteiger partial charge in [-0.05, 0) is 19.8 Å². The molecule has 1 aromatic rings. The number of carbonyl (C=O) groups excluding carboxylic acids is 1. The number of ether oxygens (including phenoxy) is 1. The molecule has 0 unspecified atom stereocenters. The van der Waals surface area contributed by atoms with Crippen molar-refractivity contribution in [3.05, 3.63) is 17.6 Å². The van der Waals surface area contributed by atoms with Crippen LogP contribution in [0.4, 0.5) is 5.82 Å². The summed E-state index contributed by atoms with van der Waals surface area (Å²) in [7, 11) is 0. The molecular weight excluding hydrogens is 268 g/mol. The SMILES string of the molecule is CCOC(=O)C1CCN(c2ncnc3c2CNCC3)CC1. The number of carbonyl (C=O) groups is 1. The molecule has 3 heterocycles. The maximum Gasteiger partial charge on any atom is 0.309 e. The van der Waals surface area contributed by atoms with Crippen molar-refractivity contribution in [3.8, 4) is 0 Å². The Hall–Kier alpha value is -1.69. The van der Waals surface area contributed by atoms with Crippen LogP contribution in [0.3, 0.4) is 0 Å². The number of rotatable bonds is 3. The Balaban J connectivity index is 1.69. The van der Waals surface area contributed by atoms with E-state index in [4.69, 9.17) is 4.74 Å². The molecule has 1 aromatic heterocycles. The van der Waals surface area contributed by atoms with E-state index in [9.17, 15) is 4.79 Å². The molecular formula is C15H22N4O2. The lowest BCUT2D eigenvalue weighted by molar-refractivity contribution is -0.148. The van der Waals surface area contributed by atoms with E-state index in [-0.39, 0.29) is 11.9 Å². The van der Waals surface area contributed by atoms with Gasteiger partial charge in [0.2, 0.25) is 0 Å². The molecule has 0 saturated carbocycles. The number of anilines is 1. The predicted octanol–water partition coefficient (Wildman–Crippen LogP) is 0.902. The van der Waals surface area contributed by atoms with Gasteiger partial charge in [0.15, 0.2) is 0 Å². The van der Waals surface area contributed by atoms with E-state index < -0.39 is 0 Å². The fourth-order valence-electron chi connectivity index (χ4n) is 3.11. The summed E-state index contributed by atoms with van der Waals surface area (Å²) in [5.41, 5.74) is 2.38. The van der Waals surface area contributed by atoms with Gasteiger partial charge in [0.1, 0.15) is 12.1 Å². The molecule has 0 aromatic carbocycles. The van der Waals surface area contributed by atoms with Crippen LogP contribution in [0.25, 0.3) is 0 Å². The molecule has 21 heavy (non-hydrogen) atoms. The van der Waals surface area contributed by atoms with E-state index in [1.807, 2.05) is 6.92 Å². The number of esters is 1. The molecule has 0 aliphatic carbocycles. The van der Waals surface area contributed by atoms with Crippen LogP contribution in [0.1, 0.15) is 31.0 Å². The standard InChI is InChI=1S/C15H22N4O2/c1-2-21-15(20)11-4-7-19(8-5-11)14-12-9-16-6-3-13(12)17-10-18-14/h10-11,16H,2-9H2,1H3. The van der Waals surface area contributed by atoms with Gasteiger partial charge in [-0.15, -0.1) is 0 Å². The van der Waals surface area contributed by atoms with Gasteiger partial charge in [-0.2, -0.15) is 0 Å². The maximum absolute atomic E-state index is 11.8. The van der Waals surface area contributed by atoms with Crippen molar-refractivity contribution in [1.82, 2.24) is 15.3 Å². The first-order chi connectivity index (χ1) is 10.3. The predicted molar refractivity (Wildman–Crippen MR) is 79.0 cm³/mol. The summed E-state index contributed by atoms with van der Waals surface area (Å²) >= 11 is 0. The van der Waals surface area contributed by atoms with Crippen LogP contribution in [-0.4, -0.2) is 42.2 Å². The zero-order valence-corrected chi connectivity index (χ0v) is 12.5. The average Bonchev–Trinajstić information content (AvgIpc) is 2.55. The van der Waals surface area contributed by atoms with Crippen LogP contribution in [0.2, 0.25) is 0 Å². The fourth-order valence-corrected chi connectivity index (χ4v) is 3.11. The van der Waals surface area contributed by atoms with Crippen molar-refractivity contribution >= 4 is 11.8 Å². The minimum Gasteiger partial charge on any atom is -0.466 e. The highest BCUT2D eigenvalue weighted by molar-refractivity contribution is 5.72. The molecule has 0 bridgehead atoms. The van der Waals surface area contributed by atoms with Crippen molar-refractivity contribution < 1.29 is 9.53 Å². The summed E-state index contributed by atoms with van der Waals surface area (Å²) in [5, 5.41) is 3.38. The summed E-state index contributed by atoms with van der Waals surface area (Å²) < 4.78 is 5.12. The van der Waals surface area contributed by atoms with Gasteiger partial charge in [0.25, 0.3) is 0 Å². The molecule has 1 fully saturated rings. The first kappa shape index (κ1) is 14.3. The topological polar surface area (TPSA) is 67.3 Å². The Kier molecular flexibility index (Phi) is 4.34. The van der Waals surface area contributed by atoms with Gasteiger partial charge in [-0.25, -0.2) is 9.97 Å². The average molecular weight is 290 g/mol. The number of piperidine rings is 1. The third-order valence-corrected chi connectivity index (χ3v) is 4.27. The van der Waals surface area contributed by atoms with E-state index in [1.165, 1.54) is 5.56 Å². The fraction of sp³-hybridized carbons (Fsp3) is 0.667. The second-order valence-electron chi connectivity index (χ2n) is 5.56. The first-order valence-corrected chi connectivity index (χ1v) is 7.74. The lowest BCUT2D eigenvalue weighted by atomic mass is 9.96. The van der Waals surface area contributed by atoms with Gasteiger partial charge in [0, 0.05) is 38.2 Å². The van der Waals surface area contributed by atoms with Crippen molar-refractivity contribution in [2.75, 3.05) is 31.1 Å². The monoisotopic (exact) mass is 290 g/mol. The van der Waals surface area contributed by atoms with Crippen molar-refractivity contribution in [2.24, 2.45) is 5.92 Å². The van der Waals surface area contributed by atoms with Crippen LogP contribution in [0, 0.1) is 5.92 Å². The number of hydrogen-bond acceptors (Lipinski definition) is 6. The molecule has 0 amide bonds. The van der Waals surface area contributed by atoms with Crippen LogP contribution >= 0.6 is 0 Å². The number of fused-ring (bicyclic) bond motifs is 1.